The Morgan fingerprint density at radius 2 is 1.67 bits per heavy atom. The Labute approximate surface area is 144 Å². The highest BCUT2D eigenvalue weighted by molar-refractivity contribution is 9.10. The van der Waals surface area contributed by atoms with Crippen molar-refractivity contribution in [2.45, 2.75) is 13.1 Å². The summed E-state index contributed by atoms with van der Waals surface area (Å²) in [5, 5.41) is 3.39. The van der Waals surface area contributed by atoms with Crippen LogP contribution in [0, 0.1) is 0 Å². The van der Waals surface area contributed by atoms with Gasteiger partial charge in [0.15, 0.2) is 0 Å². The van der Waals surface area contributed by atoms with Crippen LogP contribution >= 0.6 is 40.7 Å². The van der Waals surface area contributed by atoms with Gasteiger partial charge in [-0.2, -0.15) is 0 Å². The van der Waals surface area contributed by atoms with E-state index in [-0.39, 0.29) is 24.8 Å². The number of imidazole rings is 1. The molecule has 0 aliphatic heterocycles. The smallest absolute Gasteiger partial charge is 0.121 e. The Bertz CT molecular complexity index is 650. The topological polar surface area (TPSA) is 40.7 Å². The number of fused-ring (bicyclic) bond motifs is 1. The number of benzene rings is 2. The lowest BCUT2D eigenvalue weighted by Crippen LogP contribution is -2.13. The largest absolute Gasteiger partial charge is 0.341 e. The minimum absolute atomic E-state index is 0. The lowest BCUT2D eigenvalue weighted by Gasteiger charge is -2.03. The second-order valence-electron chi connectivity index (χ2n) is 4.43. The highest BCUT2D eigenvalue weighted by atomic mass is 79.9. The first-order valence-corrected chi connectivity index (χ1v) is 6.99. The van der Waals surface area contributed by atoms with Crippen LogP contribution in [0.25, 0.3) is 11.0 Å². The molecule has 0 amide bonds. The number of nitrogens with zero attached hydrogens (tertiary/aromatic N) is 1. The molecule has 1 aromatic heterocycles. The summed E-state index contributed by atoms with van der Waals surface area (Å²) in [5.74, 6) is 0.971. The Balaban J connectivity index is 0.00000110. The van der Waals surface area contributed by atoms with E-state index in [1.807, 2.05) is 24.3 Å². The van der Waals surface area contributed by atoms with Crippen LogP contribution < -0.4 is 5.32 Å². The number of hydrogen-bond donors (Lipinski definition) is 2. The van der Waals surface area contributed by atoms with Crippen LogP contribution in [0.15, 0.2) is 53.0 Å². The van der Waals surface area contributed by atoms with Crippen molar-refractivity contribution >= 4 is 51.8 Å². The Hall–Kier alpha value is -1.07. The van der Waals surface area contributed by atoms with Gasteiger partial charge in [-0.15, -0.1) is 24.8 Å². The van der Waals surface area contributed by atoms with Crippen molar-refractivity contribution in [2.75, 3.05) is 0 Å². The molecular weight excluding hydrogens is 373 g/mol. The lowest BCUT2D eigenvalue weighted by molar-refractivity contribution is 0.670. The Morgan fingerprint density at radius 1 is 0.952 bits per heavy atom. The molecule has 6 heteroatoms. The minimum atomic E-state index is 0. The number of aromatic amines is 1. The fourth-order valence-corrected chi connectivity index (χ4v) is 2.28. The number of para-hydroxylation sites is 2. The molecule has 0 unspecified atom stereocenters. The van der Waals surface area contributed by atoms with E-state index in [0.29, 0.717) is 0 Å². The molecule has 0 saturated heterocycles. The molecule has 3 rings (SSSR count). The van der Waals surface area contributed by atoms with Gasteiger partial charge in [-0.3, -0.25) is 0 Å². The van der Waals surface area contributed by atoms with E-state index in [1.165, 1.54) is 5.56 Å². The van der Waals surface area contributed by atoms with Crippen molar-refractivity contribution in [1.29, 1.82) is 0 Å². The van der Waals surface area contributed by atoms with Crippen molar-refractivity contribution in [3.05, 3.63) is 64.4 Å². The molecule has 0 atom stereocenters. The summed E-state index contributed by atoms with van der Waals surface area (Å²) >= 11 is 3.43. The molecule has 0 aliphatic rings. The zero-order valence-corrected chi connectivity index (χ0v) is 14.4. The third kappa shape index (κ3) is 4.71. The van der Waals surface area contributed by atoms with E-state index in [9.17, 15) is 0 Å². The van der Waals surface area contributed by atoms with Crippen molar-refractivity contribution < 1.29 is 0 Å². The maximum Gasteiger partial charge on any atom is 0.121 e. The third-order valence-electron chi connectivity index (χ3n) is 2.97. The molecule has 0 fully saturated rings. The van der Waals surface area contributed by atoms with E-state index >= 15 is 0 Å². The second kappa shape index (κ2) is 8.39. The summed E-state index contributed by atoms with van der Waals surface area (Å²) in [6.45, 7) is 1.58. The zero-order valence-electron chi connectivity index (χ0n) is 11.2. The summed E-state index contributed by atoms with van der Waals surface area (Å²) in [7, 11) is 0. The minimum Gasteiger partial charge on any atom is -0.341 e. The summed E-state index contributed by atoms with van der Waals surface area (Å²) in [5.41, 5.74) is 3.37. The van der Waals surface area contributed by atoms with Crippen molar-refractivity contribution in [2.24, 2.45) is 0 Å². The van der Waals surface area contributed by atoms with E-state index < -0.39 is 0 Å². The van der Waals surface area contributed by atoms with Gasteiger partial charge in [-0.05, 0) is 29.8 Å². The first-order chi connectivity index (χ1) is 9.31. The molecular formula is C15H16BrCl2N3. The molecule has 3 nitrogen and oxygen atoms in total. The number of halogens is 3. The molecule has 0 radical (unpaired) electrons. The van der Waals surface area contributed by atoms with Gasteiger partial charge in [-0.25, -0.2) is 4.98 Å². The second-order valence-corrected chi connectivity index (χ2v) is 5.35. The predicted octanol–water partition coefficient (Wildman–Crippen LogP) is 4.46. The van der Waals surface area contributed by atoms with Gasteiger partial charge in [-0.1, -0.05) is 40.2 Å². The third-order valence-corrected chi connectivity index (χ3v) is 3.50. The summed E-state index contributed by atoms with van der Waals surface area (Å²) < 4.78 is 1.11. The molecule has 2 N–H and O–H groups in total. The average Bonchev–Trinajstić information content (AvgIpc) is 2.83. The standard InChI is InChI=1S/C15H14BrN3.2ClH/c16-12-7-5-11(6-8-12)9-17-10-15-18-13-3-1-2-4-14(13)19-15;;/h1-8,17H,9-10H2,(H,18,19);2*1H. The van der Waals surface area contributed by atoms with Crippen molar-refractivity contribution in [1.82, 2.24) is 15.3 Å². The SMILES string of the molecule is Brc1ccc(CNCc2nc3ccccc3[nH]2)cc1.Cl.Cl. The molecule has 0 bridgehead atoms. The van der Waals surface area contributed by atoms with Gasteiger partial charge in [0.2, 0.25) is 0 Å². The Kier molecular flexibility index (Phi) is 7.18. The number of rotatable bonds is 4. The number of aromatic nitrogens is 2. The molecule has 21 heavy (non-hydrogen) atoms. The molecule has 2 aromatic carbocycles. The molecule has 3 aromatic rings. The molecule has 0 saturated carbocycles. The fraction of sp³-hybridized carbons (Fsp3) is 0.133. The summed E-state index contributed by atoms with van der Waals surface area (Å²) in [6.07, 6.45) is 0. The maximum absolute atomic E-state index is 4.53. The van der Waals surface area contributed by atoms with Crippen LogP contribution in [0.2, 0.25) is 0 Å². The van der Waals surface area contributed by atoms with Gasteiger partial charge in [0, 0.05) is 11.0 Å². The first-order valence-electron chi connectivity index (χ1n) is 6.20. The monoisotopic (exact) mass is 387 g/mol. The van der Waals surface area contributed by atoms with Crippen LogP contribution in [0.5, 0.6) is 0 Å². The number of hydrogen-bond acceptors (Lipinski definition) is 2. The lowest BCUT2D eigenvalue weighted by atomic mass is 10.2. The normalized spacial score (nSPS) is 9.95. The summed E-state index contributed by atoms with van der Waals surface area (Å²) in [4.78, 5) is 7.84. The van der Waals surface area contributed by atoms with Gasteiger partial charge in [0.05, 0.1) is 17.6 Å². The number of H-pyrrole nitrogens is 1. The van der Waals surface area contributed by atoms with Crippen molar-refractivity contribution in [3.63, 3.8) is 0 Å². The highest BCUT2D eigenvalue weighted by Crippen LogP contribution is 2.11. The van der Waals surface area contributed by atoms with Gasteiger partial charge in [0.1, 0.15) is 5.82 Å². The Morgan fingerprint density at radius 3 is 2.38 bits per heavy atom. The van der Waals surface area contributed by atoms with Gasteiger partial charge in [0.25, 0.3) is 0 Å². The molecule has 112 valence electrons. The van der Waals surface area contributed by atoms with Crippen LogP contribution in [0.4, 0.5) is 0 Å². The zero-order chi connectivity index (χ0) is 13.1. The first kappa shape index (κ1) is 18.0. The maximum atomic E-state index is 4.53. The van der Waals surface area contributed by atoms with Crippen LogP contribution in [-0.2, 0) is 13.1 Å². The van der Waals surface area contributed by atoms with Crippen molar-refractivity contribution in [3.8, 4) is 0 Å². The van der Waals surface area contributed by atoms with E-state index in [4.69, 9.17) is 0 Å². The molecule has 1 heterocycles. The average molecular weight is 389 g/mol. The van der Waals surface area contributed by atoms with Crippen LogP contribution in [0.1, 0.15) is 11.4 Å². The van der Waals surface area contributed by atoms with Crippen LogP contribution in [0.3, 0.4) is 0 Å². The van der Waals surface area contributed by atoms with Crippen LogP contribution in [-0.4, -0.2) is 9.97 Å². The molecule has 0 aliphatic carbocycles. The van der Waals surface area contributed by atoms with Gasteiger partial charge >= 0.3 is 0 Å². The number of nitrogens with one attached hydrogen (secondary N) is 2. The summed E-state index contributed by atoms with van der Waals surface area (Å²) in [6, 6.07) is 16.4. The van der Waals surface area contributed by atoms with Gasteiger partial charge < -0.3 is 10.3 Å². The van der Waals surface area contributed by atoms with E-state index in [0.717, 1.165) is 34.4 Å². The predicted molar refractivity (Wildman–Crippen MR) is 95.3 cm³/mol. The van der Waals surface area contributed by atoms with E-state index in [2.05, 4.69) is 55.5 Å². The highest BCUT2D eigenvalue weighted by Gasteiger charge is 2.01. The molecule has 0 spiro atoms. The quantitative estimate of drug-likeness (QED) is 0.692. The fourth-order valence-electron chi connectivity index (χ4n) is 2.02. The van der Waals surface area contributed by atoms with E-state index in [1.54, 1.807) is 0 Å².